The number of para-hydroxylation sites is 1. The predicted octanol–water partition coefficient (Wildman–Crippen LogP) is 1.36. The number of carbonyl (C=O) groups is 1. The minimum Gasteiger partial charge on any atom is -0.393 e. The highest BCUT2D eigenvalue weighted by Gasteiger charge is 2.17. The van der Waals surface area contributed by atoms with E-state index in [1.807, 2.05) is 13.8 Å². The Morgan fingerprint density at radius 2 is 2.16 bits per heavy atom. The number of nitro groups is 1. The topological polar surface area (TPSA) is 110 Å². The molecule has 0 aliphatic carbocycles. The maximum absolute atomic E-state index is 11.5. The number of nitrogens with zero attached hydrogens (tertiary/aromatic N) is 1. The molecule has 7 heteroatoms. The quantitative estimate of drug-likeness (QED) is 0.409. The minimum absolute atomic E-state index is 0.0307. The van der Waals surface area contributed by atoms with E-state index in [1.54, 1.807) is 6.07 Å². The summed E-state index contributed by atoms with van der Waals surface area (Å²) in [5, 5.41) is 16.3. The molecule has 0 aliphatic rings. The second kappa shape index (κ2) is 6.58. The van der Waals surface area contributed by atoms with Gasteiger partial charge in [-0.2, -0.15) is 0 Å². The Balaban J connectivity index is 2.65. The monoisotopic (exact) mass is 266 g/mol. The fraction of sp³-hybridized carbons (Fsp3) is 0.417. The molecule has 1 rings (SSSR count). The third-order valence-electron chi connectivity index (χ3n) is 2.40. The molecular formula is C12H18N4O3. The first-order valence-corrected chi connectivity index (χ1v) is 5.95. The zero-order valence-electron chi connectivity index (χ0n) is 11.0. The van der Waals surface area contributed by atoms with Crippen molar-refractivity contribution < 1.29 is 9.72 Å². The van der Waals surface area contributed by atoms with Crippen molar-refractivity contribution in [2.45, 2.75) is 13.8 Å². The Bertz CT molecular complexity index is 474. The first-order valence-electron chi connectivity index (χ1n) is 5.95. The number of benzene rings is 1. The van der Waals surface area contributed by atoms with Gasteiger partial charge in [0.1, 0.15) is 11.4 Å². The minimum atomic E-state index is -0.566. The van der Waals surface area contributed by atoms with Gasteiger partial charge in [-0.25, -0.2) is 0 Å². The first-order chi connectivity index (χ1) is 8.91. The van der Waals surface area contributed by atoms with Crippen LogP contribution in [-0.2, 0) is 4.79 Å². The largest absolute Gasteiger partial charge is 0.393 e. The van der Waals surface area contributed by atoms with Crippen LogP contribution in [0.1, 0.15) is 13.8 Å². The Hall–Kier alpha value is -2.31. The molecule has 0 atom stereocenters. The Morgan fingerprint density at radius 1 is 1.47 bits per heavy atom. The van der Waals surface area contributed by atoms with Crippen molar-refractivity contribution in [3.8, 4) is 0 Å². The number of nitrogens with two attached hydrogens (primary N) is 1. The van der Waals surface area contributed by atoms with Gasteiger partial charge in [-0.3, -0.25) is 14.9 Å². The van der Waals surface area contributed by atoms with Crippen molar-refractivity contribution >= 4 is 23.0 Å². The molecule has 1 aromatic carbocycles. The SMILES string of the molecule is CC(C)CNC(=O)CNc1cccc(N)c1[N+](=O)[O-]. The standard InChI is InChI=1S/C12H18N4O3/c1-8(2)6-15-11(17)7-14-10-5-3-4-9(13)12(10)16(18)19/h3-5,8,14H,6-7,13H2,1-2H3,(H,15,17). The van der Waals surface area contributed by atoms with Crippen LogP contribution in [0.15, 0.2) is 18.2 Å². The molecule has 1 aromatic rings. The van der Waals surface area contributed by atoms with Crippen LogP contribution in [-0.4, -0.2) is 23.9 Å². The molecule has 1 amide bonds. The van der Waals surface area contributed by atoms with Crippen LogP contribution in [0.3, 0.4) is 0 Å². The molecule has 19 heavy (non-hydrogen) atoms. The van der Waals surface area contributed by atoms with Crippen molar-refractivity contribution in [3.63, 3.8) is 0 Å². The van der Waals surface area contributed by atoms with E-state index in [4.69, 9.17) is 5.73 Å². The third kappa shape index (κ3) is 4.46. The molecule has 104 valence electrons. The molecule has 7 nitrogen and oxygen atoms in total. The summed E-state index contributed by atoms with van der Waals surface area (Å²) in [5.41, 5.74) is 5.64. The van der Waals surface area contributed by atoms with E-state index < -0.39 is 4.92 Å². The van der Waals surface area contributed by atoms with E-state index in [9.17, 15) is 14.9 Å². The molecule has 0 saturated carbocycles. The van der Waals surface area contributed by atoms with Crippen LogP contribution in [0.5, 0.6) is 0 Å². The number of amides is 1. The number of nitrogen functional groups attached to an aromatic ring is 1. The number of hydrogen-bond donors (Lipinski definition) is 3. The zero-order chi connectivity index (χ0) is 14.4. The van der Waals surface area contributed by atoms with E-state index in [1.165, 1.54) is 12.1 Å². The summed E-state index contributed by atoms with van der Waals surface area (Å²) in [6.07, 6.45) is 0. The highest BCUT2D eigenvalue weighted by molar-refractivity contribution is 5.83. The molecule has 0 fully saturated rings. The van der Waals surface area contributed by atoms with Gasteiger partial charge in [0.05, 0.1) is 11.5 Å². The number of hydrogen-bond acceptors (Lipinski definition) is 5. The highest BCUT2D eigenvalue weighted by Crippen LogP contribution is 2.30. The van der Waals surface area contributed by atoms with Crippen molar-refractivity contribution in [2.24, 2.45) is 5.92 Å². The number of nitro benzene ring substituents is 1. The third-order valence-corrected chi connectivity index (χ3v) is 2.40. The van der Waals surface area contributed by atoms with Gasteiger partial charge in [-0.1, -0.05) is 19.9 Å². The van der Waals surface area contributed by atoms with Gasteiger partial charge >= 0.3 is 5.69 Å². The van der Waals surface area contributed by atoms with Gasteiger partial charge in [-0.15, -0.1) is 0 Å². The average molecular weight is 266 g/mol. The van der Waals surface area contributed by atoms with E-state index in [2.05, 4.69) is 10.6 Å². The first kappa shape index (κ1) is 14.7. The predicted molar refractivity (Wildman–Crippen MR) is 73.8 cm³/mol. The lowest BCUT2D eigenvalue weighted by Gasteiger charge is -2.10. The van der Waals surface area contributed by atoms with Crippen molar-refractivity contribution in [3.05, 3.63) is 28.3 Å². The summed E-state index contributed by atoms with van der Waals surface area (Å²) < 4.78 is 0. The summed E-state index contributed by atoms with van der Waals surface area (Å²) in [6.45, 7) is 4.50. The molecule has 0 unspecified atom stereocenters. The fourth-order valence-electron chi connectivity index (χ4n) is 1.46. The molecule has 0 aliphatic heterocycles. The van der Waals surface area contributed by atoms with Gasteiger partial charge in [0.25, 0.3) is 0 Å². The van der Waals surface area contributed by atoms with E-state index in [-0.39, 0.29) is 29.5 Å². The second-order valence-corrected chi connectivity index (χ2v) is 4.55. The van der Waals surface area contributed by atoms with E-state index in [0.29, 0.717) is 12.5 Å². The summed E-state index contributed by atoms with van der Waals surface area (Å²) in [5.74, 6) is 0.135. The van der Waals surface area contributed by atoms with Crippen LogP contribution in [0.4, 0.5) is 17.1 Å². The van der Waals surface area contributed by atoms with Crippen LogP contribution >= 0.6 is 0 Å². The Morgan fingerprint density at radius 3 is 2.74 bits per heavy atom. The van der Waals surface area contributed by atoms with Crippen LogP contribution in [0.25, 0.3) is 0 Å². The lowest BCUT2D eigenvalue weighted by Crippen LogP contribution is -2.32. The number of rotatable bonds is 6. The summed E-state index contributed by atoms with van der Waals surface area (Å²) in [7, 11) is 0. The average Bonchev–Trinajstić information content (AvgIpc) is 2.33. The summed E-state index contributed by atoms with van der Waals surface area (Å²) in [4.78, 5) is 21.8. The number of nitrogens with one attached hydrogen (secondary N) is 2. The van der Waals surface area contributed by atoms with Crippen LogP contribution < -0.4 is 16.4 Å². The van der Waals surface area contributed by atoms with Crippen LogP contribution in [0.2, 0.25) is 0 Å². The van der Waals surface area contributed by atoms with Gasteiger partial charge in [0.15, 0.2) is 0 Å². The fourth-order valence-corrected chi connectivity index (χ4v) is 1.46. The zero-order valence-corrected chi connectivity index (χ0v) is 11.0. The smallest absolute Gasteiger partial charge is 0.314 e. The number of carbonyl (C=O) groups excluding carboxylic acids is 1. The van der Waals surface area contributed by atoms with Crippen molar-refractivity contribution in [2.75, 3.05) is 24.1 Å². The van der Waals surface area contributed by atoms with Gasteiger partial charge < -0.3 is 16.4 Å². The van der Waals surface area contributed by atoms with E-state index >= 15 is 0 Å². The summed E-state index contributed by atoms with van der Waals surface area (Å²) in [6, 6.07) is 4.56. The molecule has 0 spiro atoms. The van der Waals surface area contributed by atoms with Crippen molar-refractivity contribution in [1.82, 2.24) is 5.32 Å². The Kier molecular flexibility index (Phi) is 5.11. The normalized spacial score (nSPS) is 10.3. The molecule has 0 saturated heterocycles. The molecule has 0 radical (unpaired) electrons. The second-order valence-electron chi connectivity index (χ2n) is 4.55. The van der Waals surface area contributed by atoms with Crippen molar-refractivity contribution in [1.29, 1.82) is 0 Å². The van der Waals surface area contributed by atoms with E-state index in [0.717, 1.165) is 0 Å². The maximum atomic E-state index is 11.5. The van der Waals surface area contributed by atoms with Gasteiger partial charge in [0, 0.05) is 6.54 Å². The molecular weight excluding hydrogens is 248 g/mol. The molecule has 0 bridgehead atoms. The summed E-state index contributed by atoms with van der Waals surface area (Å²) >= 11 is 0. The molecule has 0 heterocycles. The molecule has 0 aromatic heterocycles. The lowest BCUT2D eigenvalue weighted by atomic mass is 10.2. The molecule has 4 N–H and O–H groups in total. The highest BCUT2D eigenvalue weighted by atomic mass is 16.6. The lowest BCUT2D eigenvalue weighted by molar-refractivity contribution is -0.383. The number of anilines is 2. The Labute approximate surface area is 111 Å². The van der Waals surface area contributed by atoms with Gasteiger partial charge in [0.2, 0.25) is 5.91 Å². The van der Waals surface area contributed by atoms with Gasteiger partial charge in [-0.05, 0) is 18.1 Å². The maximum Gasteiger partial charge on any atom is 0.314 e. The van der Waals surface area contributed by atoms with Crippen LogP contribution in [0, 0.1) is 16.0 Å².